The van der Waals surface area contributed by atoms with Gasteiger partial charge >= 0.3 is 0 Å². The molecule has 0 amide bonds. The minimum absolute atomic E-state index is 0.317. The number of nitrogens with one attached hydrogen (secondary N) is 1. The van der Waals surface area contributed by atoms with Gasteiger partial charge in [-0.1, -0.05) is 0 Å². The van der Waals surface area contributed by atoms with Crippen molar-refractivity contribution in [2.24, 2.45) is 0 Å². The summed E-state index contributed by atoms with van der Waals surface area (Å²) in [6.45, 7) is 4.65. The van der Waals surface area contributed by atoms with E-state index < -0.39 is 0 Å². The number of aromatic nitrogens is 1. The van der Waals surface area contributed by atoms with Crippen molar-refractivity contribution in [3.63, 3.8) is 0 Å². The number of ether oxygens (including phenoxy) is 1. The second-order valence-electron chi connectivity index (χ2n) is 3.94. The molecule has 1 saturated heterocycles. The second-order valence-corrected chi connectivity index (χ2v) is 6.95. The van der Waals surface area contributed by atoms with Crippen LogP contribution < -0.4 is 5.32 Å². The van der Waals surface area contributed by atoms with Gasteiger partial charge in [0.2, 0.25) is 0 Å². The van der Waals surface area contributed by atoms with Gasteiger partial charge < -0.3 is 15.0 Å². The number of hydrogen-bond acceptors (Lipinski definition) is 5. The van der Waals surface area contributed by atoms with Crippen LogP contribution in [-0.2, 0) is 11.3 Å². The Bertz CT molecular complexity index is 334. The third-order valence-electron chi connectivity index (χ3n) is 2.52. The first-order chi connectivity index (χ1) is 7.74. The van der Waals surface area contributed by atoms with Crippen LogP contribution in [0.2, 0.25) is 0 Å². The highest BCUT2D eigenvalue weighted by molar-refractivity contribution is 14.1. The van der Waals surface area contributed by atoms with Gasteiger partial charge in [-0.3, -0.25) is 0 Å². The van der Waals surface area contributed by atoms with Crippen molar-refractivity contribution in [2.75, 3.05) is 33.3 Å². The third-order valence-corrected chi connectivity index (χ3v) is 4.24. The molecular weight excluding hydrogens is 337 g/mol. The Morgan fingerprint density at radius 2 is 2.62 bits per heavy atom. The topological polar surface area (TPSA) is 37.4 Å². The molecule has 0 bridgehead atoms. The van der Waals surface area contributed by atoms with E-state index in [1.807, 2.05) is 6.20 Å². The summed E-state index contributed by atoms with van der Waals surface area (Å²) in [5.41, 5.74) is 0. The highest BCUT2D eigenvalue weighted by Crippen LogP contribution is 2.14. The quantitative estimate of drug-likeness (QED) is 0.825. The van der Waals surface area contributed by atoms with Gasteiger partial charge in [-0.2, -0.15) is 0 Å². The summed E-state index contributed by atoms with van der Waals surface area (Å²) in [6.07, 6.45) is 2.23. The summed E-state index contributed by atoms with van der Waals surface area (Å²) in [7, 11) is 2.14. The molecule has 2 heterocycles. The van der Waals surface area contributed by atoms with Crippen molar-refractivity contribution in [1.82, 2.24) is 15.2 Å². The summed E-state index contributed by atoms with van der Waals surface area (Å²) in [5.74, 6) is 0. The van der Waals surface area contributed by atoms with Gasteiger partial charge in [0.1, 0.15) is 5.01 Å². The van der Waals surface area contributed by atoms with E-state index in [1.54, 1.807) is 11.3 Å². The molecule has 1 aromatic heterocycles. The maximum atomic E-state index is 5.67. The van der Waals surface area contributed by atoms with E-state index >= 15 is 0 Å². The summed E-state index contributed by atoms with van der Waals surface area (Å²) in [5, 5.41) is 4.55. The standard InChI is InChI=1S/C10H16IN3OS/c1-14-2-3-15-8(7-14)4-12-6-10-13-5-9(11)16-10/h5,8,12H,2-4,6-7H2,1H3/t8-/m0/s1. The van der Waals surface area contributed by atoms with Crippen LogP contribution in [0.3, 0.4) is 0 Å². The fourth-order valence-electron chi connectivity index (χ4n) is 1.70. The van der Waals surface area contributed by atoms with Crippen LogP contribution in [-0.4, -0.2) is 49.3 Å². The Hall–Kier alpha value is 0.240. The van der Waals surface area contributed by atoms with E-state index in [1.165, 1.54) is 2.88 Å². The highest BCUT2D eigenvalue weighted by atomic mass is 127. The first-order valence-electron chi connectivity index (χ1n) is 5.35. The minimum atomic E-state index is 0.317. The molecule has 1 aromatic rings. The fraction of sp³-hybridized carbons (Fsp3) is 0.700. The van der Waals surface area contributed by atoms with Crippen molar-refractivity contribution >= 4 is 33.9 Å². The van der Waals surface area contributed by atoms with E-state index in [9.17, 15) is 0 Å². The average molecular weight is 353 g/mol. The molecule has 0 spiro atoms. The Labute approximate surface area is 114 Å². The first kappa shape index (κ1) is 12.7. The van der Waals surface area contributed by atoms with Gasteiger partial charge in [0.25, 0.3) is 0 Å². The Morgan fingerprint density at radius 1 is 1.75 bits per heavy atom. The Morgan fingerprint density at radius 3 is 3.31 bits per heavy atom. The maximum Gasteiger partial charge on any atom is 0.107 e. The largest absolute Gasteiger partial charge is 0.374 e. The molecule has 0 radical (unpaired) electrons. The molecule has 4 nitrogen and oxygen atoms in total. The Balaban J connectivity index is 1.67. The highest BCUT2D eigenvalue weighted by Gasteiger charge is 2.16. The van der Waals surface area contributed by atoms with Crippen LogP contribution in [0.15, 0.2) is 6.20 Å². The van der Waals surface area contributed by atoms with Crippen molar-refractivity contribution in [2.45, 2.75) is 12.6 Å². The zero-order valence-electron chi connectivity index (χ0n) is 9.28. The van der Waals surface area contributed by atoms with Gasteiger partial charge in [0.15, 0.2) is 0 Å². The van der Waals surface area contributed by atoms with Crippen molar-refractivity contribution < 1.29 is 4.74 Å². The third kappa shape index (κ3) is 3.92. The lowest BCUT2D eigenvalue weighted by atomic mass is 10.3. The van der Waals surface area contributed by atoms with Crippen molar-refractivity contribution in [3.8, 4) is 0 Å². The van der Waals surface area contributed by atoms with E-state index in [0.29, 0.717) is 6.10 Å². The predicted octanol–water partition coefficient (Wildman–Crippen LogP) is 1.17. The number of nitrogens with zero attached hydrogens (tertiary/aromatic N) is 2. The van der Waals surface area contributed by atoms with Gasteiger partial charge in [-0.05, 0) is 29.6 Å². The van der Waals surface area contributed by atoms with Crippen LogP contribution in [0.25, 0.3) is 0 Å². The van der Waals surface area contributed by atoms with Crippen molar-refractivity contribution in [3.05, 3.63) is 14.1 Å². The lowest BCUT2D eigenvalue weighted by Gasteiger charge is -2.30. The molecular formula is C10H16IN3OS. The fourth-order valence-corrected chi connectivity index (χ4v) is 3.21. The molecule has 2 rings (SSSR count). The van der Waals surface area contributed by atoms with Crippen LogP contribution in [0.5, 0.6) is 0 Å². The van der Waals surface area contributed by atoms with E-state index in [4.69, 9.17) is 4.74 Å². The molecule has 0 saturated carbocycles. The molecule has 0 aromatic carbocycles. The van der Waals surface area contributed by atoms with Crippen LogP contribution in [0, 0.1) is 2.88 Å². The van der Waals surface area contributed by atoms with Crippen LogP contribution in [0.1, 0.15) is 5.01 Å². The van der Waals surface area contributed by atoms with E-state index in [-0.39, 0.29) is 0 Å². The number of morpholine rings is 1. The lowest BCUT2D eigenvalue weighted by Crippen LogP contribution is -2.44. The zero-order chi connectivity index (χ0) is 11.4. The molecule has 1 aliphatic heterocycles. The number of rotatable bonds is 4. The van der Waals surface area contributed by atoms with Gasteiger partial charge in [0, 0.05) is 26.2 Å². The summed E-state index contributed by atoms with van der Waals surface area (Å²) in [4.78, 5) is 6.62. The molecule has 1 aliphatic rings. The van der Waals surface area contributed by atoms with E-state index in [0.717, 1.165) is 37.8 Å². The van der Waals surface area contributed by atoms with E-state index in [2.05, 4.69) is 44.8 Å². The molecule has 0 aliphatic carbocycles. The summed E-state index contributed by atoms with van der Waals surface area (Å²) >= 11 is 4.03. The number of thiazole rings is 1. The maximum absolute atomic E-state index is 5.67. The minimum Gasteiger partial charge on any atom is -0.374 e. The molecule has 1 fully saturated rings. The first-order valence-corrected chi connectivity index (χ1v) is 7.24. The molecule has 90 valence electrons. The second kappa shape index (κ2) is 6.25. The number of likely N-dealkylation sites (N-methyl/N-ethyl adjacent to an activating group) is 1. The molecule has 1 N–H and O–H groups in total. The SMILES string of the molecule is CN1CCO[C@@H](CNCc2ncc(I)s2)C1. The van der Waals surface area contributed by atoms with Gasteiger partial charge in [-0.25, -0.2) is 4.98 Å². The smallest absolute Gasteiger partial charge is 0.107 e. The Kier molecular flexibility index (Phi) is 4.96. The molecule has 16 heavy (non-hydrogen) atoms. The summed E-state index contributed by atoms with van der Waals surface area (Å²) in [6, 6.07) is 0. The average Bonchev–Trinajstić information content (AvgIpc) is 2.64. The zero-order valence-corrected chi connectivity index (χ0v) is 12.3. The lowest BCUT2D eigenvalue weighted by molar-refractivity contribution is -0.0182. The number of halogens is 1. The molecule has 0 unspecified atom stereocenters. The van der Waals surface area contributed by atoms with Gasteiger partial charge in [0.05, 0.1) is 21.8 Å². The van der Waals surface area contributed by atoms with Crippen molar-refractivity contribution in [1.29, 1.82) is 0 Å². The van der Waals surface area contributed by atoms with Gasteiger partial charge in [-0.15, -0.1) is 11.3 Å². The number of hydrogen-bond donors (Lipinski definition) is 1. The molecule has 1 atom stereocenters. The summed E-state index contributed by atoms with van der Waals surface area (Å²) < 4.78 is 6.91. The monoisotopic (exact) mass is 353 g/mol. The molecule has 6 heteroatoms. The van der Waals surface area contributed by atoms with Crippen LogP contribution >= 0.6 is 33.9 Å². The normalized spacial score (nSPS) is 22.5. The predicted molar refractivity (Wildman–Crippen MR) is 73.8 cm³/mol. The van der Waals surface area contributed by atoms with Crippen LogP contribution in [0.4, 0.5) is 0 Å².